The number of carbonyl (C=O) groups is 1. The highest BCUT2D eigenvalue weighted by atomic mass is 35.5. The number of aliphatic hydroxyl groups excluding tert-OH is 1. The van der Waals surface area contributed by atoms with E-state index in [0.717, 1.165) is 54.8 Å². The summed E-state index contributed by atoms with van der Waals surface area (Å²) in [5, 5.41) is 12.3. The minimum Gasteiger partial charge on any atom is -0.466 e. The van der Waals surface area contributed by atoms with Gasteiger partial charge in [-0.1, -0.05) is 46.5 Å². The molecule has 5 nitrogen and oxygen atoms in total. The fraction of sp³-hybridized carbons (Fsp3) is 0.607. The molecule has 7 heteroatoms. The molecule has 3 atom stereocenters. The Kier molecular flexibility index (Phi) is 11.1. The third-order valence-corrected chi connectivity index (χ3v) is 7.80. The normalized spacial score (nSPS) is 20.6. The second-order valence-electron chi connectivity index (χ2n) is 9.67. The highest BCUT2D eigenvalue weighted by molar-refractivity contribution is 6.31. The predicted octanol–water partition coefficient (Wildman–Crippen LogP) is 6.36. The molecule has 0 aromatic heterocycles. The number of β-amino-alcohol motifs (C(OH)–C–C–N with tert-alkyl or cyclic N) is 1. The van der Waals surface area contributed by atoms with Crippen LogP contribution in [0.25, 0.3) is 0 Å². The Hall–Kier alpha value is -1.37. The summed E-state index contributed by atoms with van der Waals surface area (Å²) in [5.41, 5.74) is 4.52. The van der Waals surface area contributed by atoms with E-state index < -0.39 is 6.10 Å². The average Bonchev–Trinajstić information content (AvgIpc) is 3.25. The Morgan fingerprint density at radius 2 is 2.09 bits per heavy atom. The van der Waals surface area contributed by atoms with E-state index in [0.29, 0.717) is 30.6 Å². The van der Waals surface area contributed by atoms with Gasteiger partial charge in [0.2, 0.25) is 0 Å². The van der Waals surface area contributed by atoms with Crippen LogP contribution in [0.2, 0.25) is 5.02 Å². The Bertz CT molecular complexity index is 930. The maximum atomic E-state index is 11.8. The van der Waals surface area contributed by atoms with E-state index in [-0.39, 0.29) is 25.1 Å². The average molecular weight is 525 g/mol. The van der Waals surface area contributed by atoms with Gasteiger partial charge in [-0.25, -0.2) is 0 Å². The van der Waals surface area contributed by atoms with Crippen LogP contribution in [0.4, 0.5) is 0 Å². The van der Waals surface area contributed by atoms with Crippen molar-refractivity contribution in [3.63, 3.8) is 0 Å². The lowest BCUT2D eigenvalue weighted by molar-refractivity contribution is -0.143. The summed E-state index contributed by atoms with van der Waals surface area (Å²) < 4.78 is 11.1. The summed E-state index contributed by atoms with van der Waals surface area (Å²) in [6, 6.07) is 6.13. The van der Waals surface area contributed by atoms with Crippen molar-refractivity contribution in [2.24, 2.45) is 0 Å². The van der Waals surface area contributed by atoms with E-state index in [1.807, 2.05) is 25.1 Å². The molecule has 0 radical (unpaired) electrons. The molecule has 1 saturated heterocycles. The Morgan fingerprint density at radius 1 is 1.29 bits per heavy atom. The number of aliphatic hydroxyl groups is 1. The minimum atomic E-state index is -0.578. The SMILES string of the molecule is CCOC(=O)CCc1c(Cl)cccc1[C@@H](C)OC[C@H](O)CN1CCC[C@H]1CC1=CC(Cl)=C(C)CC1. The molecule has 1 aromatic rings. The molecule has 1 heterocycles. The van der Waals surface area contributed by atoms with Gasteiger partial charge in [-0.15, -0.1) is 0 Å². The molecular weight excluding hydrogens is 485 g/mol. The quantitative estimate of drug-likeness (QED) is 0.323. The van der Waals surface area contributed by atoms with E-state index >= 15 is 0 Å². The highest BCUT2D eigenvalue weighted by Crippen LogP contribution is 2.32. The van der Waals surface area contributed by atoms with Crippen LogP contribution < -0.4 is 0 Å². The first-order valence-electron chi connectivity index (χ1n) is 12.8. The summed E-state index contributed by atoms with van der Waals surface area (Å²) in [4.78, 5) is 14.2. The molecule has 2 aliphatic rings. The third kappa shape index (κ3) is 8.33. The molecule has 3 rings (SSSR count). The van der Waals surface area contributed by atoms with Crippen LogP contribution in [0, 0.1) is 0 Å². The van der Waals surface area contributed by atoms with Gasteiger partial charge in [-0.2, -0.15) is 0 Å². The lowest BCUT2D eigenvalue weighted by atomic mass is 9.93. The van der Waals surface area contributed by atoms with E-state index in [2.05, 4.69) is 17.9 Å². The molecule has 0 saturated carbocycles. The van der Waals surface area contributed by atoms with Crippen molar-refractivity contribution in [1.82, 2.24) is 4.90 Å². The largest absolute Gasteiger partial charge is 0.466 e. The number of nitrogens with zero attached hydrogens (tertiary/aromatic N) is 1. The number of hydrogen-bond acceptors (Lipinski definition) is 5. The number of halogens is 2. The summed E-state index contributed by atoms with van der Waals surface area (Å²) >= 11 is 12.8. The summed E-state index contributed by atoms with van der Waals surface area (Å²) in [7, 11) is 0. The number of ether oxygens (including phenoxy) is 2. The van der Waals surface area contributed by atoms with Gasteiger partial charge in [0.15, 0.2) is 0 Å². The molecule has 194 valence electrons. The van der Waals surface area contributed by atoms with Crippen LogP contribution in [-0.2, 0) is 20.7 Å². The van der Waals surface area contributed by atoms with E-state index in [4.69, 9.17) is 32.7 Å². The van der Waals surface area contributed by atoms with Crippen LogP contribution >= 0.6 is 23.2 Å². The van der Waals surface area contributed by atoms with Crippen LogP contribution in [0.3, 0.4) is 0 Å². The zero-order valence-electron chi connectivity index (χ0n) is 21.2. The van der Waals surface area contributed by atoms with Gasteiger partial charge in [0.05, 0.1) is 25.4 Å². The van der Waals surface area contributed by atoms with E-state index in [1.54, 1.807) is 6.92 Å². The van der Waals surface area contributed by atoms with Crippen molar-refractivity contribution < 1.29 is 19.4 Å². The highest BCUT2D eigenvalue weighted by Gasteiger charge is 2.28. The fourth-order valence-electron chi connectivity index (χ4n) is 5.02. The fourth-order valence-corrected chi connectivity index (χ4v) is 5.55. The number of carbonyl (C=O) groups excluding carboxylic acids is 1. The zero-order valence-corrected chi connectivity index (χ0v) is 22.7. The Morgan fingerprint density at radius 3 is 2.83 bits per heavy atom. The van der Waals surface area contributed by atoms with Gasteiger partial charge < -0.3 is 14.6 Å². The Balaban J connectivity index is 1.52. The topological polar surface area (TPSA) is 59.0 Å². The molecule has 0 unspecified atom stereocenters. The van der Waals surface area contributed by atoms with Gasteiger partial charge in [-0.05, 0) is 89.1 Å². The number of likely N-dealkylation sites (tertiary alicyclic amines) is 1. The summed E-state index contributed by atoms with van der Waals surface area (Å²) in [6.45, 7) is 8.06. The number of rotatable bonds is 12. The predicted molar refractivity (Wildman–Crippen MR) is 142 cm³/mol. The van der Waals surface area contributed by atoms with E-state index in [9.17, 15) is 9.90 Å². The molecule has 1 fully saturated rings. The van der Waals surface area contributed by atoms with Gasteiger partial charge >= 0.3 is 5.97 Å². The van der Waals surface area contributed by atoms with Crippen LogP contribution in [-0.4, -0.2) is 54.4 Å². The van der Waals surface area contributed by atoms with Crippen molar-refractivity contribution in [3.8, 4) is 0 Å². The van der Waals surface area contributed by atoms with Crippen molar-refractivity contribution >= 4 is 29.2 Å². The van der Waals surface area contributed by atoms with Gasteiger partial charge in [0, 0.05) is 29.1 Å². The molecule has 35 heavy (non-hydrogen) atoms. The monoisotopic (exact) mass is 523 g/mol. The summed E-state index contributed by atoms with van der Waals surface area (Å²) in [5.74, 6) is -0.236. The second-order valence-corrected chi connectivity index (χ2v) is 10.5. The van der Waals surface area contributed by atoms with Crippen LogP contribution in [0.15, 0.2) is 40.5 Å². The molecule has 1 aliphatic heterocycles. The van der Waals surface area contributed by atoms with Crippen molar-refractivity contribution in [2.45, 2.75) is 84.0 Å². The smallest absolute Gasteiger partial charge is 0.306 e. The van der Waals surface area contributed by atoms with Crippen molar-refractivity contribution in [2.75, 3.05) is 26.3 Å². The molecular formula is C28H39Cl2NO4. The number of hydrogen-bond donors (Lipinski definition) is 1. The van der Waals surface area contributed by atoms with Gasteiger partial charge in [-0.3, -0.25) is 9.69 Å². The maximum Gasteiger partial charge on any atom is 0.306 e. The number of benzene rings is 1. The lowest BCUT2D eigenvalue weighted by Crippen LogP contribution is -2.38. The molecule has 1 aromatic carbocycles. The molecule has 0 spiro atoms. The number of allylic oxidation sites excluding steroid dienone is 3. The van der Waals surface area contributed by atoms with Gasteiger partial charge in [0.25, 0.3) is 0 Å². The second kappa shape index (κ2) is 13.8. The Labute approximate surface area is 220 Å². The standard InChI is InChI=1S/C28H39Cl2NO4/c1-4-34-28(33)13-12-25-24(8-5-9-26(25)29)20(3)35-18-23(32)17-31-14-6-7-22(31)15-21-11-10-19(2)27(30)16-21/h5,8-9,16,20,22-23,32H,4,6-7,10-15,17-18H2,1-3H3/t20-,22+,23-/m1/s1. The van der Waals surface area contributed by atoms with Gasteiger partial charge in [0.1, 0.15) is 0 Å². The zero-order chi connectivity index (χ0) is 25.4. The first-order chi connectivity index (χ1) is 16.8. The lowest BCUT2D eigenvalue weighted by Gasteiger charge is -2.29. The first-order valence-corrected chi connectivity index (χ1v) is 13.5. The van der Waals surface area contributed by atoms with Crippen LogP contribution in [0.5, 0.6) is 0 Å². The number of esters is 1. The minimum absolute atomic E-state index is 0.236. The molecule has 1 aliphatic carbocycles. The third-order valence-electron chi connectivity index (χ3n) is 7.02. The first kappa shape index (κ1) is 28.2. The molecule has 1 N–H and O–H groups in total. The van der Waals surface area contributed by atoms with Crippen molar-refractivity contribution in [1.29, 1.82) is 0 Å². The van der Waals surface area contributed by atoms with Crippen molar-refractivity contribution in [3.05, 3.63) is 56.6 Å². The maximum absolute atomic E-state index is 11.8. The van der Waals surface area contributed by atoms with E-state index in [1.165, 1.54) is 11.1 Å². The van der Waals surface area contributed by atoms with Crippen LogP contribution in [0.1, 0.15) is 76.5 Å². The molecule has 0 amide bonds. The summed E-state index contributed by atoms with van der Waals surface area (Å²) in [6.07, 6.45) is 7.50. The molecule has 0 bridgehead atoms.